The average Bonchev–Trinajstić information content (AvgIpc) is 2.79. The van der Waals surface area contributed by atoms with Crippen LogP contribution in [0.2, 0.25) is 0 Å². The summed E-state index contributed by atoms with van der Waals surface area (Å²) < 4.78 is 2.00. The molecule has 2 aromatic rings. The predicted molar refractivity (Wildman–Crippen MR) is 65.1 cm³/mol. The molecule has 86 valence electrons. The van der Waals surface area contributed by atoms with E-state index in [1.807, 2.05) is 35.9 Å². The van der Waals surface area contributed by atoms with Gasteiger partial charge in [-0.05, 0) is 30.2 Å². The Labute approximate surface area is 100 Å². The average molecular weight is 226 g/mol. The number of rotatable bonds is 3. The highest BCUT2D eigenvalue weighted by Crippen LogP contribution is 2.12. The number of nitriles is 1. The second-order valence-corrected chi connectivity index (χ2v) is 3.99. The maximum absolute atomic E-state index is 8.80. The van der Waals surface area contributed by atoms with E-state index in [1.165, 1.54) is 5.56 Å². The Bertz CT molecular complexity index is 563. The van der Waals surface area contributed by atoms with Gasteiger partial charge in [-0.1, -0.05) is 6.07 Å². The molecule has 1 heterocycles. The minimum absolute atomic E-state index is 0.458. The van der Waals surface area contributed by atoms with Gasteiger partial charge in [-0.25, -0.2) is 4.98 Å². The highest BCUT2D eigenvalue weighted by atomic mass is 15.0. The number of aromatic nitrogens is 2. The fourth-order valence-electron chi connectivity index (χ4n) is 1.74. The van der Waals surface area contributed by atoms with Gasteiger partial charge in [-0.15, -0.1) is 0 Å². The topological polar surface area (TPSA) is 67.6 Å². The van der Waals surface area contributed by atoms with Crippen LogP contribution in [0.5, 0.6) is 0 Å². The van der Waals surface area contributed by atoms with E-state index in [-0.39, 0.29) is 0 Å². The van der Waals surface area contributed by atoms with Gasteiger partial charge in [0.15, 0.2) is 0 Å². The van der Waals surface area contributed by atoms with Crippen molar-refractivity contribution in [1.82, 2.24) is 9.55 Å². The van der Waals surface area contributed by atoms with E-state index in [0.29, 0.717) is 12.1 Å². The molecule has 2 rings (SSSR count). The molecule has 0 saturated heterocycles. The van der Waals surface area contributed by atoms with E-state index >= 15 is 0 Å². The van der Waals surface area contributed by atoms with Gasteiger partial charge in [-0.3, -0.25) is 0 Å². The van der Waals surface area contributed by atoms with Crippen LogP contribution in [0, 0.1) is 18.3 Å². The third-order valence-corrected chi connectivity index (χ3v) is 2.72. The molecule has 0 atom stereocenters. The summed E-state index contributed by atoms with van der Waals surface area (Å²) in [5.74, 6) is 0. The lowest BCUT2D eigenvalue weighted by atomic mass is 10.1. The molecule has 0 fully saturated rings. The lowest BCUT2D eigenvalue weighted by Crippen LogP contribution is -2.00. The van der Waals surface area contributed by atoms with Crippen molar-refractivity contribution in [2.75, 3.05) is 0 Å². The van der Waals surface area contributed by atoms with E-state index < -0.39 is 0 Å². The number of nitrogens with zero attached hydrogens (tertiary/aromatic N) is 3. The highest BCUT2D eigenvalue weighted by Gasteiger charge is 2.02. The summed E-state index contributed by atoms with van der Waals surface area (Å²) >= 11 is 0. The molecule has 0 radical (unpaired) electrons. The fourth-order valence-corrected chi connectivity index (χ4v) is 1.74. The summed E-state index contributed by atoms with van der Waals surface area (Å²) in [4.78, 5) is 4.18. The van der Waals surface area contributed by atoms with Crippen molar-refractivity contribution in [3.8, 4) is 6.07 Å². The van der Waals surface area contributed by atoms with Gasteiger partial charge >= 0.3 is 0 Å². The molecule has 4 heteroatoms. The molecule has 2 N–H and O–H groups in total. The Morgan fingerprint density at radius 3 is 2.88 bits per heavy atom. The summed E-state index contributed by atoms with van der Waals surface area (Å²) in [5.41, 5.74) is 9.39. The number of imidazole rings is 1. The molecule has 0 spiro atoms. The van der Waals surface area contributed by atoms with Gasteiger partial charge in [0.1, 0.15) is 0 Å². The first-order valence-corrected chi connectivity index (χ1v) is 5.43. The molecule has 0 aliphatic rings. The molecule has 0 saturated carbocycles. The van der Waals surface area contributed by atoms with E-state index in [4.69, 9.17) is 11.0 Å². The van der Waals surface area contributed by atoms with E-state index in [2.05, 4.69) is 11.1 Å². The Balaban J connectivity index is 2.21. The van der Waals surface area contributed by atoms with Crippen molar-refractivity contribution in [2.45, 2.75) is 20.0 Å². The van der Waals surface area contributed by atoms with Gasteiger partial charge in [0.25, 0.3) is 0 Å². The Kier molecular flexibility index (Phi) is 3.22. The second-order valence-electron chi connectivity index (χ2n) is 3.99. The quantitative estimate of drug-likeness (QED) is 0.863. The van der Waals surface area contributed by atoms with Gasteiger partial charge < -0.3 is 10.3 Å². The van der Waals surface area contributed by atoms with Crippen LogP contribution in [0.3, 0.4) is 0 Å². The van der Waals surface area contributed by atoms with Crippen molar-refractivity contribution in [3.05, 3.63) is 53.1 Å². The number of hydrogen-bond acceptors (Lipinski definition) is 3. The van der Waals surface area contributed by atoms with Crippen molar-refractivity contribution in [3.63, 3.8) is 0 Å². The Morgan fingerprint density at radius 2 is 2.29 bits per heavy atom. The van der Waals surface area contributed by atoms with Crippen LogP contribution in [-0.2, 0) is 13.1 Å². The Hall–Kier alpha value is -2.12. The van der Waals surface area contributed by atoms with E-state index in [9.17, 15) is 0 Å². The monoisotopic (exact) mass is 226 g/mol. The lowest BCUT2D eigenvalue weighted by molar-refractivity contribution is 0.790. The van der Waals surface area contributed by atoms with Crippen molar-refractivity contribution in [2.24, 2.45) is 5.73 Å². The number of benzene rings is 1. The van der Waals surface area contributed by atoms with Crippen LogP contribution in [-0.4, -0.2) is 9.55 Å². The molecule has 17 heavy (non-hydrogen) atoms. The first-order chi connectivity index (χ1) is 8.22. The molecule has 0 unspecified atom stereocenters. The molecule has 0 aliphatic heterocycles. The zero-order valence-electron chi connectivity index (χ0n) is 9.72. The first kappa shape index (κ1) is 11.4. The Morgan fingerprint density at radius 1 is 1.47 bits per heavy atom. The molecule has 1 aromatic carbocycles. The van der Waals surface area contributed by atoms with Gasteiger partial charge in [0.05, 0.1) is 23.7 Å². The van der Waals surface area contributed by atoms with Gasteiger partial charge in [0, 0.05) is 19.3 Å². The summed E-state index contributed by atoms with van der Waals surface area (Å²) in [7, 11) is 0. The van der Waals surface area contributed by atoms with Crippen molar-refractivity contribution < 1.29 is 0 Å². The molecule has 0 aliphatic carbocycles. The molecular formula is C13H14N4. The first-order valence-electron chi connectivity index (χ1n) is 5.43. The summed E-state index contributed by atoms with van der Waals surface area (Å²) in [6.45, 7) is 3.22. The number of hydrogen-bond donors (Lipinski definition) is 1. The lowest BCUT2D eigenvalue weighted by Gasteiger charge is -2.06. The zero-order valence-corrected chi connectivity index (χ0v) is 9.72. The largest absolute Gasteiger partial charge is 0.333 e. The highest BCUT2D eigenvalue weighted by molar-refractivity contribution is 5.37. The summed E-state index contributed by atoms with van der Waals surface area (Å²) in [5, 5.41) is 8.80. The predicted octanol–water partition coefficient (Wildman–Crippen LogP) is 1.57. The fraction of sp³-hybridized carbons (Fsp3) is 0.231. The molecule has 1 aromatic heterocycles. The maximum Gasteiger partial charge on any atom is 0.0991 e. The van der Waals surface area contributed by atoms with Crippen LogP contribution >= 0.6 is 0 Å². The van der Waals surface area contributed by atoms with Crippen LogP contribution in [0.15, 0.2) is 30.7 Å². The third kappa shape index (κ3) is 2.52. The minimum Gasteiger partial charge on any atom is -0.333 e. The number of aryl methyl sites for hydroxylation is 1. The van der Waals surface area contributed by atoms with Gasteiger partial charge in [0.2, 0.25) is 0 Å². The third-order valence-electron chi connectivity index (χ3n) is 2.72. The van der Waals surface area contributed by atoms with Crippen LogP contribution in [0.4, 0.5) is 0 Å². The summed E-state index contributed by atoms with van der Waals surface area (Å²) in [6.07, 6.45) is 3.72. The normalized spacial score (nSPS) is 10.2. The van der Waals surface area contributed by atoms with E-state index in [1.54, 1.807) is 6.33 Å². The molecule has 4 nitrogen and oxygen atoms in total. The number of nitrogens with two attached hydrogens (primary N) is 1. The van der Waals surface area contributed by atoms with Crippen molar-refractivity contribution >= 4 is 0 Å². The van der Waals surface area contributed by atoms with E-state index in [0.717, 1.165) is 17.8 Å². The van der Waals surface area contributed by atoms with Crippen LogP contribution in [0.1, 0.15) is 22.4 Å². The zero-order chi connectivity index (χ0) is 12.3. The standard InChI is InChI=1S/C13H14N4/c1-10-4-11(5-14)2-3-12(10)7-17-8-13(6-15)16-9-17/h2-4,8-9H,6-7,15H2,1H3. The SMILES string of the molecule is Cc1cc(C#N)ccc1Cn1cnc(CN)c1. The smallest absolute Gasteiger partial charge is 0.0991 e. The van der Waals surface area contributed by atoms with Crippen LogP contribution < -0.4 is 5.73 Å². The van der Waals surface area contributed by atoms with Gasteiger partial charge in [-0.2, -0.15) is 5.26 Å². The maximum atomic E-state index is 8.80. The molecule has 0 amide bonds. The second kappa shape index (κ2) is 4.81. The van der Waals surface area contributed by atoms with Crippen molar-refractivity contribution in [1.29, 1.82) is 5.26 Å². The minimum atomic E-state index is 0.458. The summed E-state index contributed by atoms with van der Waals surface area (Å²) in [6, 6.07) is 7.85. The molecular weight excluding hydrogens is 212 g/mol. The molecule has 0 bridgehead atoms. The van der Waals surface area contributed by atoms with Crippen LogP contribution in [0.25, 0.3) is 0 Å².